The summed E-state index contributed by atoms with van der Waals surface area (Å²) < 4.78 is 54.2. The van der Waals surface area contributed by atoms with Crippen LogP contribution in [0.4, 0.5) is 0 Å². The van der Waals surface area contributed by atoms with Crippen LogP contribution in [-0.2, 0) is 38.7 Å². The Bertz CT molecular complexity index is 1350. The molecule has 1 rings (SSSR count). The number of carbonyl (C=O) groups is 2. The van der Waals surface area contributed by atoms with Crippen LogP contribution in [0.5, 0.6) is 0 Å². The van der Waals surface area contributed by atoms with Crippen molar-refractivity contribution in [2.75, 3.05) is 19.0 Å². The van der Waals surface area contributed by atoms with Gasteiger partial charge in [-0.25, -0.2) is 0 Å². The fraction of sp³-hybridized carbons (Fsp3) is 0.849. The van der Waals surface area contributed by atoms with Gasteiger partial charge < -0.3 is 34.3 Å². The molecule has 0 bridgehead atoms. The molecule has 1 saturated heterocycles. The fourth-order valence-corrected chi connectivity index (χ4v) is 8.79. The molecule has 12 nitrogen and oxygen atoms in total. The minimum Gasteiger partial charge on any atom is -0.462 e. The zero-order valence-electron chi connectivity index (χ0n) is 41.6. The maximum atomic E-state index is 12.9. The van der Waals surface area contributed by atoms with Crippen LogP contribution in [0.3, 0.4) is 0 Å². The molecular weight excluding hydrogens is 861 g/mol. The van der Waals surface area contributed by atoms with Crippen molar-refractivity contribution in [1.29, 1.82) is 0 Å². The summed E-state index contributed by atoms with van der Waals surface area (Å²) in [6, 6.07) is 0. The second-order valence-corrected chi connectivity index (χ2v) is 20.0. The maximum absolute atomic E-state index is 12.9. The minimum absolute atomic E-state index is 0.160. The molecule has 0 radical (unpaired) electrons. The lowest BCUT2D eigenvalue weighted by Crippen LogP contribution is -2.60. The predicted octanol–water partition coefficient (Wildman–Crippen LogP) is 12.1. The first-order chi connectivity index (χ1) is 32.0. The largest absolute Gasteiger partial charge is 0.462 e. The van der Waals surface area contributed by atoms with Gasteiger partial charge >= 0.3 is 11.9 Å². The Morgan fingerprint density at radius 3 is 1.38 bits per heavy atom. The van der Waals surface area contributed by atoms with Gasteiger partial charge in [0.05, 0.1) is 6.61 Å². The van der Waals surface area contributed by atoms with E-state index < -0.39 is 71.2 Å². The second kappa shape index (κ2) is 42.9. The van der Waals surface area contributed by atoms with E-state index in [1.807, 2.05) is 0 Å². The molecule has 1 aliphatic rings. The molecule has 0 aromatic carbocycles. The van der Waals surface area contributed by atoms with Crippen molar-refractivity contribution in [2.45, 2.75) is 269 Å². The van der Waals surface area contributed by atoms with Crippen LogP contribution in [0.25, 0.3) is 0 Å². The zero-order chi connectivity index (χ0) is 48.4. The summed E-state index contributed by atoms with van der Waals surface area (Å²) in [6.45, 7) is 3.73. The monoisotopic (exact) mass is 957 g/mol. The lowest BCUT2D eigenvalue weighted by atomic mass is 10.00. The highest BCUT2D eigenvalue weighted by Gasteiger charge is 2.46. The highest BCUT2D eigenvalue weighted by atomic mass is 32.2. The molecular formula is C53H96O12S. The quantitative estimate of drug-likeness (QED) is 0.0196. The molecule has 1 aliphatic heterocycles. The molecule has 0 aromatic heterocycles. The number of rotatable bonds is 45. The summed E-state index contributed by atoms with van der Waals surface area (Å²) in [5.41, 5.74) is 0. The number of aliphatic hydroxyl groups excluding tert-OH is 3. The van der Waals surface area contributed by atoms with Crippen molar-refractivity contribution in [1.82, 2.24) is 0 Å². The summed E-state index contributed by atoms with van der Waals surface area (Å²) in [5.74, 6) is -2.02. The number of hydrogen-bond donors (Lipinski definition) is 4. The molecule has 0 saturated carbocycles. The van der Waals surface area contributed by atoms with Crippen molar-refractivity contribution in [3.05, 3.63) is 36.5 Å². The van der Waals surface area contributed by atoms with Gasteiger partial charge in [-0.2, -0.15) is 8.42 Å². The van der Waals surface area contributed by atoms with E-state index in [1.165, 1.54) is 141 Å². The molecule has 1 heterocycles. The molecule has 13 heteroatoms. The second-order valence-electron chi connectivity index (χ2n) is 18.5. The topological polar surface area (TPSA) is 186 Å². The highest BCUT2D eigenvalue weighted by molar-refractivity contribution is 7.85. The third kappa shape index (κ3) is 36.9. The molecule has 6 atom stereocenters. The Balaban J connectivity index is 2.35. The number of unbranched alkanes of at least 4 members (excludes halogenated alkanes) is 27. The van der Waals surface area contributed by atoms with Crippen LogP contribution in [0.1, 0.15) is 232 Å². The summed E-state index contributed by atoms with van der Waals surface area (Å²) in [5, 5.41) is 31.0. The Labute approximate surface area is 401 Å². The van der Waals surface area contributed by atoms with Gasteiger partial charge in [-0.1, -0.05) is 204 Å². The van der Waals surface area contributed by atoms with Crippen LogP contribution in [0, 0.1) is 0 Å². The number of carbonyl (C=O) groups excluding carboxylic acids is 2. The standard InChI is InChI=1S/C53H96O12S/c1-3-5-7-9-11-13-15-17-19-20-21-22-23-24-25-26-28-30-32-34-36-38-40-42-49(55)64-46(44-63-53-52(58)51(57)50(56)47(65-53)45-66(59,60)61)43-62-48(54)41-39-37-35-33-31-29-27-18-16-14-12-10-8-6-4-2/h12,14,18,27,31,33,46-47,50-53,56-58H,3-11,13,15-17,19-26,28-30,32,34-45H2,1-2H3,(H,59,60,61)/b14-12+,27-18+,33-31+/t46-,47-,50-,51?,52?,53+/m1/s1. The average molecular weight is 957 g/mol. The van der Waals surface area contributed by atoms with Gasteiger partial charge in [0.2, 0.25) is 0 Å². The molecule has 4 N–H and O–H groups in total. The first-order valence-corrected chi connectivity index (χ1v) is 28.2. The van der Waals surface area contributed by atoms with Crippen molar-refractivity contribution >= 4 is 22.1 Å². The molecule has 0 aromatic rings. The SMILES string of the molecule is CCCCC/C=C/C/C=C/C/C=C/CCCCC(=O)OC[C@H](CO[C@H]1O[C@H](CS(=O)(=O)O)[C@@H](O)C(O)C1O)OC(=O)CCCCCCCCCCCCCCCCCCCCCCCCC. The normalized spacial score (nSPS) is 19.6. The lowest BCUT2D eigenvalue weighted by Gasteiger charge is -2.40. The predicted molar refractivity (Wildman–Crippen MR) is 266 cm³/mol. The number of ether oxygens (including phenoxy) is 4. The number of allylic oxidation sites excluding steroid dienone is 6. The van der Waals surface area contributed by atoms with Gasteiger partial charge in [-0.15, -0.1) is 0 Å². The maximum Gasteiger partial charge on any atom is 0.306 e. The van der Waals surface area contributed by atoms with Crippen molar-refractivity contribution in [3.8, 4) is 0 Å². The van der Waals surface area contributed by atoms with E-state index in [9.17, 15) is 37.9 Å². The van der Waals surface area contributed by atoms with Crippen LogP contribution in [0.2, 0.25) is 0 Å². The van der Waals surface area contributed by atoms with Crippen molar-refractivity contribution in [2.24, 2.45) is 0 Å². The van der Waals surface area contributed by atoms with E-state index in [0.29, 0.717) is 12.8 Å². The van der Waals surface area contributed by atoms with Crippen molar-refractivity contribution < 1.29 is 56.8 Å². The smallest absolute Gasteiger partial charge is 0.306 e. The Morgan fingerprint density at radius 2 is 0.909 bits per heavy atom. The van der Waals surface area contributed by atoms with Gasteiger partial charge in [0.1, 0.15) is 36.8 Å². The van der Waals surface area contributed by atoms with E-state index in [4.69, 9.17) is 18.9 Å². The molecule has 1 fully saturated rings. The van der Waals surface area contributed by atoms with E-state index in [1.54, 1.807) is 0 Å². The van der Waals surface area contributed by atoms with Crippen LogP contribution >= 0.6 is 0 Å². The number of hydrogen-bond acceptors (Lipinski definition) is 11. The molecule has 66 heavy (non-hydrogen) atoms. The third-order valence-corrected chi connectivity index (χ3v) is 13.0. The first-order valence-electron chi connectivity index (χ1n) is 26.5. The Hall–Kier alpha value is -2.13. The Kier molecular flexibility index (Phi) is 40.3. The molecule has 386 valence electrons. The lowest BCUT2D eigenvalue weighted by molar-refractivity contribution is -0.297. The molecule has 0 amide bonds. The van der Waals surface area contributed by atoms with Gasteiger partial charge in [0.25, 0.3) is 10.1 Å². The fourth-order valence-electron chi connectivity index (χ4n) is 8.10. The van der Waals surface area contributed by atoms with E-state index in [0.717, 1.165) is 51.4 Å². The van der Waals surface area contributed by atoms with Crippen LogP contribution < -0.4 is 0 Å². The summed E-state index contributed by atoms with van der Waals surface area (Å²) in [7, 11) is -4.61. The van der Waals surface area contributed by atoms with Crippen LogP contribution in [0.15, 0.2) is 36.5 Å². The van der Waals surface area contributed by atoms with Gasteiger partial charge in [-0.3, -0.25) is 14.1 Å². The number of esters is 2. The van der Waals surface area contributed by atoms with E-state index >= 15 is 0 Å². The third-order valence-electron chi connectivity index (χ3n) is 12.2. The van der Waals surface area contributed by atoms with E-state index in [2.05, 4.69) is 50.3 Å². The molecule has 0 aliphatic carbocycles. The zero-order valence-corrected chi connectivity index (χ0v) is 42.4. The van der Waals surface area contributed by atoms with Crippen LogP contribution in [-0.4, -0.2) is 96.0 Å². The number of aliphatic hydroxyl groups is 3. The first kappa shape index (κ1) is 61.9. The summed E-state index contributed by atoms with van der Waals surface area (Å²) >= 11 is 0. The summed E-state index contributed by atoms with van der Waals surface area (Å²) in [4.78, 5) is 25.5. The molecule has 0 spiro atoms. The van der Waals surface area contributed by atoms with Crippen molar-refractivity contribution in [3.63, 3.8) is 0 Å². The highest BCUT2D eigenvalue weighted by Crippen LogP contribution is 2.24. The van der Waals surface area contributed by atoms with Gasteiger partial charge in [0, 0.05) is 12.8 Å². The minimum atomic E-state index is -4.61. The van der Waals surface area contributed by atoms with E-state index in [-0.39, 0.29) is 19.4 Å². The van der Waals surface area contributed by atoms with Gasteiger partial charge in [-0.05, 0) is 51.4 Å². The Morgan fingerprint density at radius 1 is 0.515 bits per heavy atom. The average Bonchev–Trinajstić information content (AvgIpc) is 3.28. The van der Waals surface area contributed by atoms with Gasteiger partial charge in [0.15, 0.2) is 12.4 Å². The molecule has 2 unspecified atom stereocenters. The summed E-state index contributed by atoms with van der Waals surface area (Å²) in [6.07, 6.45) is 42.0.